The topological polar surface area (TPSA) is 67.4 Å². The molecule has 5 nitrogen and oxygen atoms in total. The average molecular weight is 329 g/mol. The zero-order chi connectivity index (χ0) is 15.7. The summed E-state index contributed by atoms with van der Waals surface area (Å²) in [7, 11) is 0. The van der Waals surface area contributed by atoms with Crippen LogP contribution in [-0.2, 0) is 14.3 Å². The minimum absolute atomic E-state index is 0.0327. The molecule has 0 aliphatic rings. The number of rotatable bonds is 6. The van der Waals surface area contributed by atoms with Crippen molar-refractivity contribution in [3.63, 3.8) is 0 Å². The van der Waals surface area contributed by atoms with Crippen molar-refractivity contribution in [2.75, 3.05) is 11.9 Å². The standard InChI is InChI=1S/C14H17ClN2O3S/c1-2-9-20-13(19)8-7-12(18)17-14(21)16-11-5-3-10(15)4-6-11/h3-6H,2,7-9H2,1H3,(H2,16,17,18,21). The molecule has 0 aromatic heterocycles. The highest BCUT2D eigenvalue weighted by Gasteiger charge is 2.09. The van der Waals surface area contributed by atoms with Gasteiger partial charge in [0.05, 0.1) is 13.0 Å². The highest BCUT2D eigenvalue weighted by atomic mass is 35.5. The first-order chi connectivity index (χ1) is 10.0. The molecule has 21 heavy (non-hydrogen) atoms. The van der Waals surface area contributed by atoms with Crippen molar-refractivity contribution in [1.82, 2.24) is 5.32 Å². The van der Waals surface area contributed by atoms with E-state index in [1.54, 1.807) is 24.3 Å². The van der Waals surface area contributed by atoms with E-state index in [1.807, 2.05) is 6.92 Å². The summed E-state index contributed by atoms with van der Waals surface area (Å²) < 4.78 is 4.87. The molecule has 1 aromatic carbocycles. The van der Waals surface area contributed by atoms with Crippen LogP contribution in [0.1, 0.15) is 26.2 Å². The van der Waals surface area contributed by atoms with Gasteiger partial charge in [0.1, 0.15) is 0 Å². The lowest BCUT2D eigenvalue weighted by Crippen LogP contribution is -2.34. The number of esters is 1. The van der Waals surface area contributed by atoms with Crippen LogP contribution in [0, 0.1) is 0 Å². The monoisotopic (exact) mass is 328 g/mol. The zero-order valence-electron chi connectivity index (χ0n) is 11.6. The van der Waals surface area contributed by atoms with E-state index >= 15 is 0 Å². The quantitative estimate of drug-likeness (QED) is 0.621. The minimum Gasteiger partial charge on any atom is -0.466 e. The van der Waals surface area contributed by atoms with Crippen LogP contribution in [0.25, 0.3) is 0 Å². The van der Waals surface area contributed by atoms with Crippen LogP contribution in [0.2, 0.25) is 5.02 Å². The summed E-state index contributed by atoms with van der Waals surface area (Å²) in [5.41, 5.74) is 0.715. The van der Waals surface area contributed by atoms with Crippen molar-refractivity contribution in [3.05, 3.63) is 29.3 Å². The SMILES string of the molecule is CCCOC(=O)CCC(=O)NC(=S)Nc1ccc(Cl)cc1. The normalized spacial score (nSPS) is 9.81. The fourth-order valence-electron chi connectivity index (χ4n) is 1.39. The molecule has 0 aliphatic heterocycles. The van der Waals surface area contributed by atoms with Gasteiger partial charge in [0, 0.05) is 17.1 Å². The molecule has 0 spiro atoms. The molecule has 7 heteroatoms. The number of hydrogen-bond acceptors (Lipinski definition) is 4. The van der Waals surface area contributed by atoms with E-state index in [4.69, 9.17) is 28.6 Å². The number of hydrogen-bond donors (Lipinski definition) is 2. The summed E-state index contributed by atoms with van der Waals surface area (Å²) >= 11 is 10.8. The number of carbonyl (C=O) groups excluding carboxylic acids is 2. The number of benzene rings is 1. The maximum absolute atomic E-state index is 11.6. The number of nitrogens with one attached hydrogen (secondary N) is 2. The van der Waals surface area contributed by atoms with Gasteiger partial charge in [0.25, 0.3) is 0 Å². The van der Waals surface area contributed by atoms with Crippen molar-refractivity contribution in [3.8, 4) is 0 Å². The van der Waals surface area contributed by atoms with Crippen LogP contribution in [0.15, 0.2) is 24.3 Å². The minimum atomic E-state index is -0.386. The van der Waals surface area contributed by atoms with Gasteiger partial charge in [0.15, 0.2) is 5.11 Å². The van der Waals surface area contributed by atoms with Crippen LogP contribution in [0.5, 0.6) is 0 Å². The molecule has 1 rings (SSSR count). The molecule has 0 atom stereocenters. The van der Waals surface area contributed by atoms with Crippen molar-refractivity contribution in [2.45, 2.75) is 26.2 Å². The Morgan fingerprint density at radius 3 is 2.52 bits per heavy atom. The predicted molar refractivity (Wildman–Crippen MR) is 86.3 cm³/mol. The number of ether oxygens (including phenoxy) is 1. The third kappa shape index (κ3) is 7.63. The molecule has 114 valence electrons. The van der Waals surface area contributed by atoms with Gasteiger partial charge < -0.3 is 15.4 Å². The molecule has 0 heterocycles. The molecule has 0 aliphatic carbocycles. The van der Waals surface area contributed by atoms with Crippen molar-refractivity contribution in [2.24, 2.45) is 0 Å². The van der Waals surface area contributed by atoms with Gasteiger partial charge in [-0.1, -0.05) is 18.5 Å². The van der Waals surface area contributed by atoms with E-state index in [9.17, 15) is 9.59 Å². The van der Waals surface area contributed by atoms with Gasteiger partial charge in [-0.3, -0.25) is 9.59 Å². The lowest BCUT2D eigenvalue weighted by atomic mass is 10.3. The molecule has 2 N–H and O–H groups in total. The Balaban J connectivity index is 2.29. The number of thiocarbonyl (C=S) groups is 1. The number of halogens is 1. The van der Waals surface area contributed by atoms with Crippen LogP contribution in [0.4, 0.5) is 5.69 Å². The molecule has 0 unspecified atom stereocenters. The third-order valence-electron chi connectivity index (χ3n) is 2.38. The van der Waals surface area contributed by atoms with E-state index in [2.05, 4.69) is 10.6 Å². The lowest BCUT2D eigenvalue weighted by Gasteiger charge is -2.09. The van der Waals surface area contributed by atoms with Gasteiger partial charge in [-0.05, 0) is 42.9 Å². The Bertz CT molecular complexity index is 505. The maximum atomic E-state index is 11.6. The Kier molecular flexibility index (Phi) is 7.71. The van der Waals surface area contributed by atoms with E-state index < -0.39 is 0 Å². The summed E-state index contributed by atoms with van der Waals surface area (Å²) in [6, 6.07) is 6.89. The maximum Gasteiger partial charge on any atom is 0.306 e. The first kappa shape index (κ1) is 17.4. The molecule has 0 fully saturated rings. The van der Waals surface area contributed by atoms with Crippen molar-refractivity contribution >= 4 is 46.5 Å². The molecule has 1 aromatic rings. The number of carbonyl (C=O) groups is 2. The van der Waals surface area contributed by atoms with Gasteiger partial charge in [-0.25, -0.2) is 0 Å². The summed E-state index contributed by atoms with van der Waals surface area (Å²) in [6.07, 6.45) is 0.827. The zero-order valence-corrected chi connectivity index (χ0v) is 13.2. The number of amides is 1. The van der Waals surface area contributed by atoms with Gasteiger partial charge in [0.2, 0.25) is 5.91 Å². The van der Waals surface area contributed by atoms with E-state index in [-0.39, 0.29) is 29.8 Å². The lowest BCUT2D eigenvalue weighted by molar-refractivity contribution is -0.144. The van der Waals surface area contributed by atoms with Gasteiger partial charge in [-0.15, -0.1) is 0 Å². The third-order valence-corrected chi connectivity index (χ3v) is 2.83. The first-order valence-electron chi connectivity index (χ1n) is 6.53. The highest BCUT2D eigenvalue weighted by molar-refractivity contribution is 7.80. The fraction of sp³-hybridized carbons (Fsp3) is 0.357. The Morgan fingerprint density at radius 1 is 1.24 bits per heavy atom. The Morgan fingerprint density at radius 2 is 1.90 bits per heavy atom. The summed E-state index contributed by atoms with van der Waals surface area (Å²) in [4.78, 5) is 22.9. The van der Waals surface area contributed by atoms with Crippen LogP contribution >= 0.6 is 23.8 Å². The molecule has 0 bridgehead atoms. The fourth-order valence-corrected chi connectivity index (χ4v) is 1.75. The highest BCUT2D eigenvalue weighted by Crippen LogP contribution is 2.13. The van der Waals surface area contributed by atoms with Crippen molar-refractivity contribution in [1.29, 1.82) is 0 Å². The smallest absolute Gasteiger partial charge is 0.306 e. The van der Waals surface area contributed by atoms with Gasteiger partial charge in [-0.2, -0.15) is 0 Å². The summed E-state index contributed by atoms with van der Waals surface area (Å²) in [5, 5.41) is 6.12. The summed E-state index contributed by atoms with van der Waals surface area (Å²) in [5.74, 6) is -0.724. The molecular weight excluding hydrogens is 312 g/mol. The molecule has 0 radical (unpaired) electrons. The average Bonchev–Trinajstić information content (AvgIpc) is 2.45. The van der Waals surface area contributed by atoms with Crippen LogP contribution in [-0.4, -0.2) is 23.6 Å². The molecule has 1 amide bonds. The molecule has 0 saturated heterocycles. The molecule has 0 saturated carbocycles. The Hall–Kier alpha value is -1.66. The first-order valence-corrected chi connectivity index (χ1v) is 7.32. The summed E-state index contributed by atoms with van der Waals surface area (Å²) in [6.45, 7) is 2.28. The second kappa shape index (κ2) is 9.31. The van der Waals surface area contributed by atoms with Gasteiger partial charge >= 0.3 is 5.97 Å². The Labute approximate surface area is 134 Å². The van der Waals surface area contributed by atoms with Crippen molar-refractivity contribution < 1.29 is 14.3 Å². The second-order valence-electron chi connectivity index (χ2n) is 4.23. The van der Waals surface area contributed by atoms with E-state index in [0.717, 1.165) is 6.42 Å². The van der Waals surface area contributed by atoms with E-state index in [0.29, 0.717) is 17.3 Å². The second-order valence-corrected chi connectivity index (χ2v) is 5.07. The number of anilines is 1. The molecular formula is C14H17ClN2O3S. The largest absolute Gasteiger partial charge is 0.466 e. The van der Waals surface area contributed by atoms with Crippen LogP contribution < -0.4 is 10.6 Å². The predicted octanol–water partition coefficient (Wildman–Crippen LogP) is 2.89. The van der Waals surface area contributed by atoms with Crippen LogP contribution in [0.3, 0.4) is 0 Å². The van der Waals surface area contributed by atoms with E-state index in [1.165, 1.54) is 0 Å².